The molecule has 2 aromatic carbocycles. The van der Waals surface area contributed by atoms with Crippen molar-refractivity contribution < 1.29 is 9.47 Å². The molecule has 0 atom stereocenters. The van der Waals surface area contributed by atoms with Crippen LogP contribution in [-0.2, 0) is 6.61 Å². The Balaban J connectivity index is 1.47. The molecule has 3 aromatic heterocycles. The molecular formula is C24H21N5O2. The third kappa shape index (κ3) is 3.66. The number of hydrogen-bond acceptors (Lipinski definition) is 6. The number of aromatic nitrogens is 5. The summed E-state index contributed by atoms with van der Waals surface area (Å²) in [5.74, 6) is 2.10. The first-order valence-corrected chi connectivity index (χ1v) is 9.96. The molecule has 7 heteroatoms. The van der Waals surface area contributed by atoms with Crippen LogP contribution in [0, 0.1) is 13.8 Å². The van der Waals surface area contributed by atoms with E-state index in [1.807, 2.05) is 36.4 Å². The van der Waals surface area contributed by atoms with E-state index in [0.29, 0.717) is 11.5 Å². The molecule has 0 radical (unpaired) electrons. The highest BCUT2D eigenvalue weighted by molar-refractivity contribution is 5.85. The fraction of sp³-hybridized carbons (Fsp3) is 0.167. The maximum absolute atomic E-state index is 6.08. The molecule has 154 valence electrons. The molecule has 5 aromatic rings. The Morgan fingerprint density at radius 2 is 1.74 bits per heavy atom. The number of nitrogens with zero attached hydrogens (tertiary/aromatic N) is 5. The van der Waals surface area contributed by atoms with Crippen LogP contribution in [0.3, 0.4) is 0 Å². The molecule has 0 bridgehead atoms. The van der Waals surface area contributed by atoms with Crippen molar-refractivity contribution in [3.63, 3.8) is 0 Å². The normalized spacial score (nSPS) is 11.2. The molecule has 0 aliphatic heterocycles. The lowest BCUT2D eigenvalue weighted by atomic mass is 10.1. The molecule has 31 heavy (non-hydrogen) atoms. The van der Waals surface area contributed by atoms with Crippen LogP contribution >= 0.6 is 0 Å². The minimum Gasteiger partial charge on any atom is -0.497 e. The zero-order valence-corrected chi connectivity index (χ0v) is 17.5. The summed E-state index contributed by atoms with van der Waals surface area (Å²) in [6, 6.07) is 17.8. The number of pyridine rings is 1. The van der Waals surface area contributed by atoms with Gasteiger partial charge in [-0.25, -0.2) is 0 Å². The van der Waals surface area contributed by atoms with E-state index in [1.165, 1.54) is 11.1 Å². The standard InChI is InChI=1S/C24H21N5O2/c1-15-10-16(2)12-17(11-15)20-6-7-23-26-27-24(29(23)28-20)14-31-22-8-9-25-21-13-18(30-3)4-5-19(21)22/h4-13H,14H2,1-3H3. The first kappa shape index (κ1) is 19.0. The summed E-state index contributed by atoms with van der Waals surface area (Å²) in [5.41, 5.74) is 5.81. The molecule has 0 saturated heterocycles. The summed E-state index contributed by atoms with van der Waals surface area (Å²) >= 11 is 0. The van der Waals surface area contributed by atoms with E-state index in [1.54, 1.807) is 17.8 Å². The summed E-state index contributed by atoms with van der Waals surface area (Å²) in [7, 11) is 1.64. The summed E-state index contributed by atoms with van der Waals surface area (Å²) in [6.45, 7) is 4.40. The number of rotatable bonds is 5. The second-order valence-corrected chi connectivity index (χ2v) is 7.46. The van der Waals surface area contributed by atoms with Crippen molar-refractivity contribution in [2.24, 2.45) is 0 Å². The van der Waals surface area contributed by atoms with Crippen LogP contribution in [0.1, 0.15) is 17.0 Å². The van der Waals surface area contributed by atoms with Gasteiger partial charge in [0.2, 0.25) is 0 Å². The van der Waals surface area contributed by atoms with Gasteiger partial charge >= 0.3 is 0 Å². The lowest BCUT2D eigenvalue weighted by Crippen LogP contribution is -2.05. The van der Waals surface area contributed by atoms with E-state index in [4.69, 9.17) is 14.6 Å². The molecule has 0 spiro atoms. The minimum atomic E-state index is 0.232. The highest BCUT2D eigenvalue weighted by atomic mass is 16.5. The van der Waals surface area contributed by atoms with Crippen molar-refractivity contribution in [2.45, 2.75) is 20.5 Å². The topological polar surface area (TPSA) is 74.4 Å². The molecule has 3 heterocycles. The Bertz CT molecular complexity index is 1390. The van der Waals surface area contributed by atoms with Crippen LogP contribution in [0.5, 0.6) is 11.5 Å². The quantitative estimate of drug-likeness (QED) is 0.423. The molecule has 0 aliphatic carbocycles. The Hall–Kier alpha value is -4.00. The van der Waals surface area contributed by atoms with Crippen molar-refractivity contribution in [1.82, 2.24) is 24.8 Å². The van der Waals surface area contributed by atoms with E-state index >= 15 is 0 Å². The van der Waals surface area contributed by atoms with Crippen molar-refractivity contribution in [3.8, 4) is 22.8 Å². The van der Waals surface area contributed by atoms with E-state index in [0.717, 1.165) is 33.7 Å². The molecule has 0 amide bonds. The SMILES string of the molecule is COc1ccc2c(OCc3nnc4ccc(-c5cc(C)cc(C)c5)nn34)ccnc2c1. The van der Waals surface area contributed by atoms with E-state index in [-0.39, 0.29) is 6.61 Å². The fourth-order valence-corrected chi connectivity index (χ4v) is 3.70. The predicted molar refractivity (Wildman–Crippen MR) is 118 cm³/mol. The lowest BCUT2D eigenvalue weighted by Gasteiger charge is -2.09. The average molecular weight is 411 g/mol. The molecular weight excluding hydrogens is 390 g/mol. The minimum absolute atomic E-state index is 0.232. The van der Waals surface area contributed by atoms with Crippen molar-refractivity contribution in [3.05, 3.63) is 77.7 Å². The van der Waals surface area contributed by atoms with Gasteiger partial charge in [-0.2, -0.15) is 9.61 Å². The number of aryl methyl sites for hydroxylation is 2. The average Bonchev–Trinajstić information content (AvgIpc) is 3.18. The van der Waals surface area contributed by atoms with Gasteiger partial charge in [0.1, 0.15) is 18.1 Å². The van der Waals surface area contributed by atoms with Crippen LogP contribution in [0.2, 0.25) is 0 Å². The summed E-state index contributed by atoms with van der Waals surface area (Å²) < 4.78 is 13.1. The molecule has 5 rings (SSSR count). The van der Waals surface area contributed by atoms with Gasteiger partial charge in [0, 0.05) is 23.2 Å². The monoisotopic (exact) mass is 411 g/mol. The van der Waals surface area contributed by atoms with Crippen LogP contribution in [0.15, 0.2) is 60.8 Å². The maximum atomic E-state index is 6.08. The van der Waals surface area contributed by atoms with Gasteiger partial charge < -0.3 is 9.47 Å². The van der Waals surface area contributed by atoms with Gasteiger partial charge in [0.25, 0.3) is 0 Å². The third-order valence-electron chi connectivity index (χ3n) is 5.11. The molecule has 0 saturated carbocycles. The van der Waals surface area contributed by atoms with Gasteiger partial charge in [-0.05, 0) is 56.3 Å². The van der Waals surface area contributed by atoms with Gasteiger partial charge in [-0.1, -0.05) is 17.2 Å². The summed E-state index contributed by atoms with van der Waals surface area (Å²) in [5, 5.41) is 14.2. The van der Waals surface area contributed by atoms with Crippen molar-refractivity contribution >= 4 is 16.6 Å². The Morgan fingerprint density at radius 1 is 0.903 bits per heavy atom. The molecule has 7 nitrogen and oxygen atoms in total. The molecule has 0 fully saturated rings. The zero-order chi connectivity index (χ0) is 21.4. The van der Waals surface area contributed by atoms with E-state index < -0.39 is 0 Å². The third-order valence-corrected chi connectivity index (χ3v) is 5.11. The number of methoxy groups -OCH3 is 1. The van der Waals surface area contributed by atoms with Crippen molar-refractivity contribution in [2.75, 3.05) is 7.11 Å². The van der Waals surface area contributed by atoms with Gasteiger partial charge in [0.15, 0.2) is 11.5 Å². The largest absolute Gasteiger partial charge is 0.497 e. The van der Waals surface area contributed by atoms with Gasteiger partial charge in [0.05, 0.1) is 18.3 Å². The van der Waals surface area contributed by atoms with E-state index in [9.17, 15) is 0 Å². The Labute approximate surface area is 179 Å². The van der Waals surface area contributed by atoms with Crippen molar-refractivity contribution in [1.29, 1.82) is 0 Å². The zero-order valence-electron chi connectivity index (χ0n) is 17.5. The summed E-state index contributed by atoms with van der Waals surface area (Å²) in [4.78, 5) is 4.40. The van der Waals surface area contributed by atoms with E-state index in [2.05, 4.69) is 47.2 Å². The van der Waals surface area contributed by atoms with Crippen LogP contribution in [0.25, 0.3) is 27.8 Å². The highest BCUT2D eigenvalue weighted by Crippen LogP contribution is 2.28. The second-order valence-electron chi connectivity index (χ2n) is 7.46. The molecule has 0 N–H and O–H groups in total. The summed E-state index contributed by atoms with van der Waals surface area (Å²) in [6.07, 6.45) is 1.72. The lowest BCUT2D eigenvalue weighted by molar-refractivity contribution is 0.296. The molecule has 0 aliphatic rings. The Morgan fingerprint density at radius 3 is 2.55 bits per heavy atom. The predicted octanol–water partition coefficient (Wildman–Crippen LogP) is 4.54. The van der Waals surface area contributed by atoms with Gasteiger partial charge in [-0.15, -0.1) is 10.2 Å². The maximum Gasteiger partial charge on any atom is 0.192 e. The second kappa shape index (κ2) is 7.68. The smallest absolute Gasteiger partial charge is 0.192 e. The number of hydrogen-bond donors (Lipinski definition) is 0. The molecule has 0 unspecified atom stereocenters. The number of ether oxygens (including phenoxy) is 2. The van der Waals surface area contributed by atoms with Crippen LogP contribution < -0.4 is 9.47 Å². The van der Waals surface area contributed by atoms with Crippen LogP contribution in [-0.4, -0.2) is 31.9 Å². The Kier molecular flexibility index (Phi) is 4.71. The fourth-order valence-electron chi connectivity index (χ4n) is 3.70. The van der Waals surface area contributed by atoms with Gasteiger partial charge in [-0.3, -0.25) is 4.98 Å². The first-order chi connectivity index (χ1) is 15.1. The first-order valence-electron chi connectivity index (χ1n) is 9.96. The highest BCUT2D eigenvalue weighted by Gasteiger charge is 2.12. The number of fused-ring (bicyclic) bond motifs is 2. The van der Waals surface area contributed by atoms with Crippen LogP contribution in [0.4, 0.5) is 0 Å². The number of benzene rings is 2.